The van der Waals surface area contributed by atoms with Gasteiger partial charge >= 0.3 is 6.18 Å². The zero-order valence-electron chi connectivity index (χ0n) is 11.3. The van der Waals surface area contributed by atoms with Gasteiger partial charge in [0.05, 0.1) is 22.7 Å². The first-order valence-corrected chi connectivity index (χ1v) is 6.61. The maximum atomic E-state index is 14.1. The molecule has 112 valence electrons. The van der Waals surface area contributed by atoms with Crippen molar-refractivity contribution in [3.63, 3.8) is 0 Å². The molecule has 6 heteroatoms. The number of rotatable bonds is 2. The van der Waals surface area contributed by atoms with Gasteiger partial charge in [0.25, 0.3) is 0 Å². The first kappa shape index (κ1) is 14.5. The van der Waals surface area contributed by atoms with Crippen molar-refractivity contribution in [1.82, 2.24) is 4.98 Å². The highest BCUT2D eigenvalue weighted by molar-refractivity contribution is 5.62. The largest absolute Gasteiger partial charge is 0.419 e. The van der Waals surface area contributed by atoms with E-state index in [-0.39, 0.29) is 11.3 Å². The van der Waals surface area contributed by atoms with Crippen LogP contribution in [-0.4, -0.2) is 4.98 Å². The Kier molecular flexibility index (Phi) is 3.17. The van der Waals surface area contributed by atoms with Crippen LogP contribution in [0, 0.1) is 17.1 Å². The van der Waals surface area contributed by atoms with Gasteiger partial charge in [-0.3, -0.25) is 4.98 Å². The van der Waals surface area contributed by atoms with Crippen LogP contribution in [0.15, 0.2) is 36.5 Å². The average molecular weight is 306 g/mol. The molecule has 1 fully saturated rings. The number of pyridine rings is 1. The van der Waals surface area contributed by atoms with Gasteiger partial charge in [0.15, 0.2) is 0 Å². The van der Waals surface area contributed by atoms with Crippen LogP contribution in [0.3, 0.4) is 0 Å². The van der Waals surface area contributed by atoms with Gasteiger partial charge in [0.1, 0.15) is 5.82 Å². The molecule has 2 aromatic rings. The van der Waals surface area contributed by atoms with E-state index in [0.29, 0.717) is 11.6 Å². The SMILES string of the molecule is N#CC1(c2ccc(-c3cccc(C(F)(F)F)c3F)nc2)CC1. The van der Waals surface area contributed by atoms with Gasteiger partial charge in [-0.15, -0.1) is 0 Å². The molecule has 0 amide bonds. The molecule has 1 aliphatic carbocycles. The molecule has 0 unspecified atom stereocenters. The molecule has 1 aromatic carbocycles. The fourth-order valence-corrected chi connectivity index (χ4v) is 2.38. The predicted octanol–water partition coefficient (Wildman–Crippen LogP) is 4.46. The van der Waals surface area contributed by atoms with Crippen LogP contribution in [0.2, 0.25) is 0 Å². The van der Waals surface area contributed by atoms with Crippen LogP contribution in [0.5, 0.6) is 0 Å². The Bertz CT molecular complexity index is 753. The first-order valence-electron chi connectivity index (χ1n) is 6.61. The normalized spacial score (nSPS) is 16.1. The van der Waals surface area contributed by atoms with E-state index in [1.54, 1.807) is 6.07 Å². The van der Waals surface area contributed by atoms with Gasteiger partial charge in [-0.05, 0) is 36.6 Å². The minimum atomic E-state index is -4.75. The number of nitriles is 1. The molecule has 1 heterocycles. The van der Waals surface area contributed by atoms with Crippen molar-refractivity contribution in [2.24, 2.45) is 0 Å². The highest BCUT2D eigenvalue weighted by Crippen LogP contribution is 2.47. The summed E-state index contributed by atoms with van der Waals surface area (Å²) < 4.78 is 52.2. The average Bonchev–Trinajstić information content (AvgIpc) is 3.28. The minimum Gasteiger partial charge on any atom is -0.256 e. The Morgan fingerprint density at radius 1 is 1.14 bits per heavy atom. The number of nitrogens with zero attached hydrogens (tertiary/aromatic N) is 2. The maximum absolute atomic E-state index is 14.1. The molecule has 0 bridgehead atoms. The van der Waals surface area contributed by atoms with E-state index in [2.05, 4.69) is 11.1 Å². The second-order valence-electron chi connectivity index (χ2n) is 5.29. The lowest BCUT2D eigenvalue weighted by Crippen LogP contribution is -2.09. The molecule has 0 aliphatic heterocycles. The van der Waals surface area contributed by atoms with E-state index < -0.39 is 23.0 Å². The van der Waals surface area contributed by atoms with Crippen LogP contribution in [0.1, 0.15) is 24.0 Å². The fraction of sp³-hybridized carbons (Fsp3) is 0.250. The summed E-state index contributed by atoms with van der Waals surface area (Å²) in [5.41, 5.74) is -1.22. The van der Waals surface area contributed by atoms with Crippen molar-refractivity contribution in [1.29, 1.82) is 5.26 Å². The fourth-order valence-electron chi connectivity index (χ4n) is 2.38. The van der Waals surface area contributed by atoms with E-state index in [1.807, 2.05) is 0 Å². The van der Waals surface area contributed by atoms with Crippen LogP contribution in [0.25, 0.3) is 11.3 Å². The topological polar surface area (TPSA) is 36.7 Å². The summed E-state index contributed by atoms with van der Waals surface area (Å²) in [5, 5.41) is 9.10. The van der Waals surface area contributed by atoms with E-state index in [9.17, 15) is 17.6 Å². The zero-order chi connectivity index (χ0) is 16.0. The van der Waals surface area contributed by atoms with Gasteiger partial charge in [-0.1, -0.05) is 12.1 Å². The van der Waals surface area contributed by atoms with Gasteiger partial charge in [-0.2, -0.15) is 18.4 Å². The van der Waals surface area contributed by atoms with E-state index in [0.717, 1.165) is 18.9 Å². The summed E-state index contributed by atoms with van der Waals surface area (Å²) >= 11 is 0. The third-order valence-electron chi connectivity index (χ3n) is 3.86. The third-order valence-corrected chi connectivity index (χ3v) is 3.86. The van der Waals surface area contributed by atoms with Crippen molar-refractivity contribution in [2.45, 2.75) is 24.4 Å². The molecule has 1 saturated carbocycles. The van der Waals surface area contributed by atoms with Crippen molar-refractivity contribution in [3.05, 3.63) is 53.5 Å². The molecular formula is C16H10F4N2. The first-order chi connectivity index (χ1) is 10.4. The molecule has 0 N–H and O–H groups in total. The molecule has 0 radical (unpaired) electrons. The zero-order valence-corrected chi connectivity index (χ0v) is 11.3. The highest BCUT2D eigenvalue weighted by atomic mass is 19.4. The molecule has 2 nitrogen and oxygen atoms in total. The van der Waals surface area contributed by atoms with Crippen molar-refractivity contribution in [3.8, 4) is 17.3 Å². The molecule has 1 aliphatic rings. The highest BCUT2D eigenvalue weighted by Gasteiger charge is 2.45. The number of halogens is 4. The summed E-state index contributed by atoms with van der Waals surface area (Å²) in [7, 11) is 0. The number of benzene rings is 1. The number of alkyl halides is 3. The summed E-state index contributed by atoms with van der Waals surface area (Å²) in [4.78, 5) is 4.03. The standard InChI is InChI=1S/C16H10F4N2/c17-14-11(2-1-3-12(14)16(18,19)20)13-5-4-10(8-22-13)15(9-21)6-7-15/h1-5,8H,6-7H2. The molecular weight excluding hydrogens is 296 g/mol. The quantitative estimate of drug-likeness (QED) is 0.768. The van der Waals surface area contributed by atoms with Crippen molar-refractivity contribution < 1.29 is 17.6 Å². The molecule has 0 spiro atoms. The van der Waals surface area contributed by atoms with Gasteiger partial charge in [-0.25, -0.2) is 4.39 Å². The van der Waals surface area contributed by atoms with Crippen molar-refractivity contribution in [2.75, 3.05) is 0 Å². The lowest BCUT2D eigenvalue weighted by molar-refractivity contribution is -0.139. The molecule has 0 atom stereocenters. The lowest BCUT2D eigenvalue weighted by atomic mass is 9.98. The van der Waals surface area contributed by atoms with Gasteiger partial charge < -0.3 is 0 Å². The smallest absolute Gasteiger partial charge is 0.256 e. The minimum absolute atomic E-state index is 0.112. The molecule has 22 heavy (non-hydrogen) atoms. The Balaban J connectivity index is 2.01. The maximum Gasteiger partial charge on any atom is 0.419 e. The van der Waals surface area contributed by atoms with Gasteiger partial charge in [0, 0.05) is 11.8 Å². The predicted molar refractivity (Wildman–Crippen MR) is 71.2 cm³/mol. The second-order valence-corrected chi connectivity index (χ2v) is 5.29. The summed E-state index contributed by atoms with van der Waals surface area (Å²) in [5.74, 6) is -1.34. The van der Waals surface area contributed by atoms with E-state index >= 15 is 0 Å². The number of hydrogen-bond donors (Lipinski definition) is 0. The molecule has 3 rings (SSSR count). The van der Waals surface area contributed by atoms with Crippen LogP contribution < -0.4 is 0 Å². The summed E-state index contributed by atoms with van der Waals surface area (Å²) in [6.07, 6.45) is -1.84. The lowest BCUT2D eigenvalue weighted by Gasteiger charge is -2.11. The van der Waals surface area contributed by atoms with E-state index in [4.69, 9.17) is 5.26 Å². The Hall–Kier alpha value is -2.42. The Morgan fingerprint density at radius 2 is 1.86 bits per heavy atom. The third kappa shape index (κ3) is 2.33. The number of hydrogen-bond acceptors (Lipinski definition) is 2. The van der Waals surface area contributed by atoms with Crippen molar-refractivity contribution >= 4 is 0 Å². The van der Waals surface area contributed by atoms with Gasteiger partial charge in [0.2, 0.25) is 0 Å². The Labute approximate surface area is 124 Å². The second kappa shape index (κ2) is 4.80. The summed E-state index contributed by atoms with van der Waals surface area (Å²) in [6, 6.07) is 8.38. The van der Waals surface area contributed by atoms with Crippen LogP contribution in [0.4, 0.5) is 17.6 Å². The Morgan fingerprint density at radius 3 is 2.36 bits per heavy atom. The molecule has 0 saturated heterocycles. The van der Waals surface area contributed by atoms with Crippen LogP contribution >= 0.6 is 0 Å². The summed E-state index contributed by atoms with van der Waals surface area (Å²) in [6.45, 7) is 0. The number of aromatic nitrogens is 1. The monoisotopic (exact) mass is 306 g/mol. The van der Waals surface area contributed by atoms with Crippen LogP contribution in [-0.2, 0) is 11.6 Å². The molecule has 1 aromatic heterocycles. The van der Waals surface area contributed by atoms with E-state index in [1.165, 1.54) is 18.3 Å².